The molecule has 19 heavy (non-hydrogen) atoms. The van der Waals surface area contributed by atoms with E-state index in [-0.39, 0.29) is 0 Å². The number of benzene rings is 1. The average molecular weight is 260 g/mol. The normalized spacial score (nSPS) is 17.6. The van der Waals surface area contributed by atoms with Crippen molar-refractivity contribution in [3.05, 3.63) is 35.4 Å². The summed E-state index contributed by atoms with van der Waals surface area (Å²) in [7, 11) is 1.63. The van der Waals surface area contributed by atoms with Gasteiger partial charge in [-0.05, 0) is 48.1 Å². The molecule has 3 heteroatoms. The number of fused-ring (bicyclic) bond motifs is 1. The molecule has 0 aromatic heterocycles. The maximum absolute atomic E-state index is 11.3. The predicted octanol–water partition coefficient (Wildman–Crippen LogP) is 3.53. The molecule has 0 fully saturated rings. The molecule has 1 aromatic rings. The van der Waals surface area contributed by atoms with Crippen molar-refractivity contribution in [2.75, 3.05) is 7.11 Å². The van der Waals surface area contributed by atoms with E-state index in [1.54, 1.807) is 7.11 Å². The Bertz CT molecular complexity index is 503. The summed E-state index contributed by atoms with van der Waals surface area (Å²) in [5, 5.41) is 9.26. The molecular weight excluding hydrogens is 240 g/mol. The van der Waals surface area contributed by atoms with Crippen LogP contribution in [0.3, 0.4) is 0 Å². The average Bonchev–Trinajstić information content (AvgIpc) is 2.43. The summed E-state index contributed by atoms with van der Waals surface area (Å²) in [4.78, 5) is 11.3. The van der Waals surface area contributed by atoms with Crippen molar-refractivity contribution in [3.8, 4) is 5.75 Å². The lowest BCUT2D eigenvalue weighted by atomic mass is 9.83. The number of rotatable bonds is 5. The highest BCUT2D eigenvalue weighted by Gasteiger charge is 2.24. The first-order valence-electron chi connectivity index (χ1n) is 6.76. The molecule has 0 amide bonds. The minimum absolute atomic E-state index is 0.411. The van der Waals surface area contributed by atoms with E-state index in [9.17, 15) is 9.90 Å². The molecule has 0 saturated carbocycles. The Morgan fingerprint density at radius 1 is 1.47 bits per heavy atom. The first-order valence-corrected chi connectivity index (χ1v) is 6.76. The lowest BCUT2D eigenvalue weighted by Crippen LogP contribution is -2.19. The third-order valence-corrected chi connectivity index (χ3v) is 3.62. The van der Waals surface area contributed by atoms with E-state index in [1.165, 1.54) is 5.56 Å². The van der Waals surface area contributed by atoms with Gasteiger partial charge < -0.3 is 9.84 Å². The van der Waals surface area contributed by atoms with Gasteiger partial charge in [-0.25, -0.2) is 0 Å². The van der Waals surface area contributed by atoms with Crippen molar-refractivity contribution in [3.63, 3.8) is 0 Å². The Morgan fingerprint density at radius 2 is 2.26 bits per heavy atom. The van der Waals surface area contributed by atoms with Gasteiger partial charge in [0.25, 0.3) is 0 Å². The third kappa shape index (κ3) is 2.98. The van der Waals surface area contributed by atoms with Crippen LogP contribution in [0.15, 0.2) is 24.3 Å². The van der Waals surface area contributed by atoms with Gasteiger partial charge in [0, 0.05) is 0 Å². The number of aliphatic carboxylic acids is 1. The van der Waals surface area contributed by atoms with Crippen LogP contribution in [0.5, 0.6) is 5.75 Å². The molecule has 1 aromatic carbocycles. The van der Waals surface area contributed by atoms with Gasteiger partial charge in [0.2, 0.25) is 0 Å². The Hall–Kier alpha value is -1.77. The Balaban J connectivity index is 2.37. The molecule has 2 rings (SSSR count). The molecule has 0 aliphatic heterocycles. The molecular formula is C16H20O3. The lowest BCUT2D eigenvalue weighted by molar-refractivity contribution is -0.140. The maximum atomic E-state index is 11.3. The zero-order valence-corrected chi connectivity index (χ0v) is 11.5. The van der Waals surface area contributed by atoms with Gasteiger partial charge in [-0.1, -0.05) is 25.5 Å². The number of allylic oxidation sites excluding steroid dienone is 1. The van der Waals surface area contributed by atoms with Crippen molar-refractivity contribution >= 4 is 11.5 Å². The zero-order valence-electron chi connectivity index (χ0n) is 11.5. The fourth-order valence-corrected chi connectivity index (χ4v) is 2.55. The molecule has 1 aliphatic rings. The van der Waals surface area contributed by atoms with Crippen LogP contribution in [0.2, 0.25) is 0 Å². The molecule has 102 valence electrons. The van der Waals surface area contributed by atoms with E-state index in [0.717, 1.165) is 36.1 Å². The predicted molar refractivity (Wildman–Crippen MR) is 75.3 cm³/mol. The van der Waals surface area contributed by atoms with Gasteiger partial charge in [-0.3, -0.25) is 4.79 Å². The number of methoxy groups -OCH3 is 1. The second-order valence-corrected chi connectivity index (χ2v) is 4.97. The first kappa shape index (κ1) is 13.7. The number of carbonyl (C=O) groups is 1. The zero-order chi connectivity index (χ0) is 13.8. The van der Waals surface area contributed by atoms with Crippen molar-refractivity contribution in [2.24, 2.45) is 5.92 Å². The van der Waals surface area contributed by atoms with Gasteiger partial charge in [0.15, 0.2) is 0 Å². The van der Waals surface area contributed by atoms with Crippen molar-refractivity contribution in [2.45, 2.75) is 32.6 Å². The summed E-state index contributed by atoms with van der Waals surface area (Å²) in [5.41, 5.74) is 3.44. The second kappa shape index (κ2) is 5.91. The summed E-state index contributed by atoms with van der Waals surface area (Å²) in [5.74, 6) is -0.367. The van der Waals surface area contributed by atoms with Crippen LogP contribution in [0.1, 0.15) is 37.3 Å². The molecule has 1 N–H and O–H groups in total. The lowest BCUT2D eigenvalue weighted by Gasteiger charge is -2.22. The molecule has 1 unspecified atom stereocenters. The van der Waals surface area contributed by atoms with Crippen LogP contribution in [0.25, 0.3) is 5.57 Å². The van der Waals surface area contributed by atoms with Gasteiger partial charge >= 0.3 is 5.97 Å². The van der Waals surface area contributed by atoms with Crippen LogP contribution in [-0.4, -0.2) is 18.2 Å². The third-order valence-electron chi connectivity index (χ3n) is 3.62. The minimum atomic E-state index is -0.748. The van der Waals surface area contributed by atoms with Crippen LogP contribution < -0.4 is 4.74 Å². The molecule has 0 spiro atoms. The molecule has 1 atom stereocenters. The van der Waals surface area contributed by atoms with E-state index < -0.39 is 11.9 Å². The number of carboxylic acids is 1. The van der Waals surface area contributed by atoms with E-state index >= 15 is 0 Å². The van der Waals surface area contributed by atoms with Crippen LogP contribution in [-0.2, 0) is 11.2 Å². The number of unbranched alkanes of at least 4 members (excludes halogenated alkanes) is 1. The van der Waals surface area contributed by atoms with Gasteiger partial charge in [0.05, 0.1) is 13.0 Å². The number of ether oxygens (including phenoxy) is 1. The highest BCUT2D eigenvalue weighted by molar-refractivity contribution is 5.81. The first-order chi connectivity index (χ1) is 9.15. The SMILES string of the molecule is CCCCC1=CC(C(=O)O)Cc2cc(OC)ccc21. The standard InChI is InChI=1S/C16H20O3/c1-3-4-5-11-8-13(16(17)18)9-12-10-14(19-2)6-7-15(11)12/h6-8,10,13H,3-5,9H2,1-2H3,(H,17,18). The van der Waals surface area contributed by atoms with Crippen molar-refractivity contribution < 1.29 is 14.6 Å². The molecule has 0 saturated heterocycles. The smallest absolute Gasteiger partial charge is 0.310 e. The molecule has 0 radical (unpaired) electrons. The van der Waals surface area contributed by atoms with E-state index in [2.05, 4.69) is 6.92 Å². The van der Waals surface area contributed by atoms with E-state index in [4.69, 9.17) is 4.74 Å². The van der Waals surface area contributed by atoms with Gasteiger partial charge in [-0.15, -0.1) is 0 Å². The Labute approximate surface area is 113 Å². The summed E-state index contributed by atoms with van der Waals surface area (Å²) in [6.07, 6.45) is 5.62. The van der Waals surface area contributed by atoms with E-state index in [1.807, 2.05) is 24.3 Å². The fraction of sp³-hybridized carbons (Fsp3) is 0.438. The maximum Gasteiger partial charge on any atom is 0.310 e. The monoisotopic (exact) mass is 260 g/mol. The Kier molecular flexibility index (Phi) is 4.25. The number of carboxylic acid groups (broad SMARTS) is 1. The van der Waals surface area contributed by atoms with Gasteiger partial charge in [0.1, 0.15) is 5.75 Å². The van der Waals surface area contributed by atoms with Crippen LogP contribution in [0, 0.1) is 5.92 Å². The van der Waals surface area contributed by atoms with Crippen molar-refractivity contribution in [1.82, 2.24) is 0 Å². The largest absolute Gasteiger partial charge is 0.497 e. The van der Waals surface area contributed by atoms with Crippen LogP contribution >= 0.6 is 0 Å². The summed E-state index contributed by atoms with van der Waals surface area (Å²) in [6, 6.07) is 5.96. The molecule has 3 nitrogen and oxygen atoms in total. The second-order valence-electron chi connectivity index (χ2n) is 4.97. The fourth-order valence-electron chi connectivity index (χ4n) is 2.55. The topological polar surface area (TPSA) is 46.5 Å². The summed E-state index contributed by atoms with van der Waals surface area (Å²) >= 11 is 0. The number of hydrogen-bond acceptors (Lipinski definition) is 2. The highest BCUT2D eigenvalue weighted by atomic mass is 16.5. The molecule has 0 heterocycles. The summed E-state index contributed by atoms with van der Waals surface area (Å²) in [6.45, 7) is 2.15. The molecule has 0 bridgehead atoms. The van der Waals surface area contributed by atoms with Gasteiger partial charge in [-0.2, -0.15) is 0 Å². The number of hydrogen-bond donors (Lipinski definition) is 1. The minimum Gasteiger partial charge on any atom is -0.497 e. The molecule has 1 aliphatic carbocycles. The highest BCUT2D eigenvalue weighted by Crippen LogP contribution is 2.34. The summed E-state index contributed by atoms with van der Waals surface area (Å²) < 4.78 is 5.23. The quantitative estimate of drug-likeness (QED) is 0.881. The van der Waals surface area contributed by atoms with Crippen molar-refractivity contribution in [1.29, 1.82) is 0 Å². The Morgan fingerprint density at radius 3 is 2.89 bits per heavy atom. The van der Waals surface area contributed by atoms with E-state index in [0.29, 0.717) is 6.42 Å². The van der Waals surface area contributed by atoms with Crippen LogP contribution in [0.4, 0.5) is 0 Å².